The lowest BCUT2D eigenvalue weighted by Crippen LogP contribution is -2.06. The molecule has 0 amide bonds. The summed E-state index contributed by atoms with van der Waals surface area (Å²) in [5.41, 5.74) is 8.05. The third kappa shape index (κ3) is 3.03. The fourth-order valence-corrected chi connectivity index (χ4v) is 2.86. The van der Waals surface area contributed by atoms with Crippen molar-refractivity contribution in [3.8, 4) is 0 Å². The molecule has 2 aromatic rings. The molecule has 2 N–H and O–H groups in total. The molecule has 2 rings (SSSR count). The molecule has 0 fully saturated rings. The van der Waals surface area contributed by atoms with Gasteiger partial charge in [0.15, 0.2) is 0 Å². The van der Waals surface area contributed by atoms with Gasteiger partial charge in [0.2, 0.25) is 0 Å². The molecule has 0 aliphatic rings. The van der Waals surface area contributed by atoms with Crippen LogP contribution in [0.15, 0.2) is 35.4 Å². The number of para-hydroxylation sites is 1. The van der Waals surface area contributed by atoms with Crippen LogP contribution in [-0.4, -0.2) is 16.8 Å². The van der Waals surface area contributed by atoms with Gasteiger partial charge in [-0.3, -0.25) is 0 Å². The molecule has 1 aromatic heterocycles. The second-order valence-electron chi connectivity index (χ2n) is 4.52. The van der Waals surface area contributed by atoms with Crippen LogP contribution in [0.5, 0.6) is 0 Å². The molecule has 18 heavy (non-hydrogen) atoms. The summed E-state index contributed by atoms with van der Waals surface area (Å²) in [7, 11) is 0. The average Bonchev–Trinajstić information content (AvgIpc) is 2.39. The Labute approximate surface area is 113 Å². The van der Waals surface area contributed by atoms with Gasteiger partial charge in [-0.1, -0.05) is 32.0 Å². The van der Waals surface area contributed by atoms with Crippen molar-refractivity contribution in [2.24, 2.45) is 5.73 Å². The lowest BCUT2D eigenvalue weighted by molar-refractivity contribution is 0.887. The van der Waals surface area contributed by atoms with E-state index < -0.39 is 0 Å². The quantitative estimate of drug-likeness (QED) is 0.834. The molecule has 3 heteroatoms. The molecule has 0 radical (unpaired) electrons. The highest BCUT2D eigenvalue weighted by atomic mass is 32.2. The number of aromatic nitrogens is 1. The first kappa shape index (κ1) is 13.4. The SMILES string of the molecule is CCC(C)Sc1nc2ccccc2cc1CCN. The summed E-state index contributed by atoms with van der Waals surface area (Å²) in [6.07, 6.45) is 2.05. The molecule has 1 heterocycles. The first-order valence-electron chi connectivity index (χ1n) is 6.50. The van der Waals surface area contributed by atoms with Crippen molar-refractivity contribution in [1.29, 1.82) is 0 Å². The lowest BCUT2D eigenvalue weighted by Gasteiger charge is -2.13. The summed E-state index contributed by atoms with van der Waals surface area (Å²) in [6, 6.07) is 10.5. The molecule has 0 bridgehead atoms. The molecule has 0 aliphatic carbocycles. The van der Waals surface area contributed by atoms with Crippen molar-refractivity contribution < 1.29 is 0 Å². The zero-order valence-corrected chi connectivity index (χ0v) is 11.8. The van der Waals surface area contributed by atoms with Crippen molar-refractivity contribution in [3.05, 3.63) is 35.9 Å². The number of nitrogens with two attached hydrogens (primary N) is 1. The van der Waals surface area contributed by atoms with Crippen LogP contribution in [0.25, 0.3) is 10.9 Å². The van der Waals surface area contributed by atoms with Crippen molar-refractivity contribution in [3.63, 3.8) is 0 Å². The molecule has 1 atom stereocenters. The van der Waals surface area contributed by atoms with E-state index in [1.807, 2.05) is 17.8 Å². The molecule has 1 unspecified atom stereocenters. The zero-order valence-electron chi connectivity index (χ0n) is 11.0. The highest BCUT2D eigenvalue weighted by molar-refractivity contribution is 7.99. The Hall–Kier alpha value is -1.06. The van der Waals surface area contributed by atoms with Gasteiger partial charge in [0, 0.05) is 10.6 Å². The molecule has 0 aliphatic heterocycles. The molecular weight excluding hydrogens is 240 g/mol. The van der Waals surface area contributed by atoms with E-state index in [1.165, 1.54) is 10.9 Å². The van der Waals surface area contributed by atoms with E-state index in [-0.39, 0.29) is 0 Å². The molecule has 1 aromatic carbocycles. The number of pyridine rings is 1. The van der Waals surface area contributed by atoms with Crippen LogP contribution in [0, 0.1) is 0 Å². The number of fused-ring (bicyclic) bond motifs is 1. The fraction of sp³-hybridized carbons (Fsp3) is 0.400. The molecular formula is C15H20N2S. The van der Waals surface area contributed by atoms with Gasteiger partial charge in [-0.25, -0.2) is 4.98 Å². The Morgan fingerprint density at radius 1 is 1.33 bits per heavy atom. The van der Waals surface area contributed by atoms with Gasteiger partial charge in [-0.15, -0.1) is 11.8 Å². The van der Waals surface area contributed by atoms with Crippen LogP contribution < -0.4 is 5.73 Å². The van der Waals surface area contributed by atoms with E-state index in [4.69, 9.17) is 10.7 Å². The maximum absolute atomic E-state index is 5.70. The van der Waals surface area contributed by atoms with Crippen molar-refractivity contribution in [1.82, 2.24) is 4.98 Å². The second kappa shape index (κ2) is 6.21. The summed E-state index contributed by atoms with van der Waals surface area (Å²) in [5, 5.41) is 2.94. The Balaban J connectivity index is 2.43. The minimum atomic E-state index is 0.593. The fourth-order valence-electron chi connectivity index (χ4n) is 1.85. The largest absolute Gasteiger partial charge is 0.330 e. The number of hydrogen-bond donors (Lipinski definition) is 1. The van der Waals surface area contributed by atoms with Crippen molar-refractivity contribution >= 4 is 22.7 Å². The first-order valence-corrected chi connectivity index (χ1v) is 7.38. The van der Waals surface area contributed by atoms with E-state index in [9.17, 15) is 0 Å². The van der Waals surface area contributed by atoms with Crippen LogP contribution in [-0.2, 0) is 6.42 Å². The Bertz CT molecular complexity index is 525. The predicted molar refractivity (Wildman–Crippen MR) is 80.1 cm³/mol. The number of nitrogens with zero attached hydrogens (tertiary/aromatic N) is 1. The molecule has 0 spiro atoms. The summed E-state index contributed by atoms with van der Waals surface area (Å²) < 4.78 is 0. The number of hydrogen-bond acceptors (Lipinski definition) is 3. The molecule has 2 nitrogen and oxygen atoms in total. The summed E-state index contributed by atoms with van der Waals surface area (Å²) in [5.74, 6) is 0. The molecule has 96 valence electrons. The van der Waals surface area contributed by atoms with Crippen molar-refractivity contribution in [2.45, 2.75) is 37.0 Å². The smallest absolute Gasteiger partial charge is 0.100 e. The van der Waals surface area contributed by atoms with Gasteiger partial charge < -0.3 is 5.73 Å². The minimum absolute atomic E-state index is 0.593. The normalized spacial score (nSPS) is 12.8. The van der Waals surface area contributed by atoms with Crippen LogP contribution >= 0.6 is 11.8 Å². The summed E-state index contributed by atoms with van der Waals surface area (Å²) >= 11 is 1.86. The van der Waals surface area contributed by atoms with E-state index in [0.717, 1.165) is 23.4 Å². The van der Waals surface area contributed by atoms with Gasteiger partial charge in [0.25, 0.3) is 0 Å². The molecule has 0 saturated carbocycles. The summed E-state index contributed by atoms with van der Waals surface area (Å²) in [4.78, 5) is 4.79. The highest BCUT2D eigenvalue weighted by Gasteiger charge is 2.10. The van der Waals surface area contributed by atoms with Gasteiger partial charge in [-0.05, 0) is 37.1 Å². The number of rotatable bonds is 5. The predicted octanol–water partition coefficient (Wildman–Crippen LogP) is 3.63. The Kier molecular flexibility index (Phi) is 4.61. The minimum Gasteiger partial charge on any atom is -0.330 e. The van der Waals surface area contributed by atoms with Gasteiger partial charge >= 0.3 is 0 Å². The van der Waals surface area contributed by atoms with Crippen LogP contribution in [0.4, 0.5) is 0 Å². The maximum Gasteiger partial charge on any atom is 0.100 e. The number of benzene rings is 1. The van der Waals surface area contributed by atoms with Crippen LogP contribution in [0.3, 0.4) is 0 Å². The molecule has 0 saturated heterocycles. The maximum atomic E-state index is 5.70. The zero-order chi connectivity index (χ0) is 13.0. The first-order chi connectivity index (χ1) is 8.74. The van der Waals surface area contributed by atoms with Gasteiger partial charge in [0.05, 0.1) is 5.52 Å². The number of thioether (sulfide) groups is 1. The second-order valence-corrected chi connectivity index (χ2v) is 5.95. The average molecular weight is 260 g/mol. The van der Waals surface area contributed by atoms with E-state index >= 15 is 0 Å². The van der Waals surface area contributed by atoms with Gasteiger partial charge in [-0.2, -0.15) is 0 Å². The van der Waals surface area contributed by atoms with Crippen molar-refractivity contribution in [2.75, 3.05) is 6.54 Å². The van der Waals surface area contributed by atoms with E-state index in [2.05, 4.69) is 38.1 Å². The van der Waals surface area contributed by atoms with Gasteiger partial charge in [0.1, 0.15) is 5.03 Å². The summed E-state index contributed by atoms with van der Waals surface area (Å²) in [6.45, 7) is 5.13. The van der Waals surface area contributed by atoms with Crippen LogP contribution in [0.1, 0.15) is 25.8 Å². The Morgan fingerprint density at radius 2 is 2.11 bits per heavy atom. The van der Waals surface area contributed by atoms with E-state index in [1.54, 1.807) is 0 Å². The monoisotopic (exact) mass is 260 g/mol. The van der Waals surface area contributed by atoms with Crippen LogP contribution in [0.2, 0.25) is 0 Å². The highest BCUT2D eigenvalue weighted by Crippen LogP contribution is 2.29. The Morgan fingerprint density at radius 3 is 2.83 bits per heavy atom. The third-order valence-electron chi connectivity index (χ3n) is 3.06. The standard InChI is InChI=1S/C15H20N2S/c1-3-11(2)18-15-13(8-9-16)10-12-6-4-5-7-14(12)17-15/h4-7,10-11H,3,8-9,16H2,1-2H3. The lowest BCUT2D eigenvalue weighted by atomic mass is 10.1. The topological polar surface area (TPSA) is 38.9 Å². The third-order valence-corrected chi connectivity index (χ3v) is 4.38. The van der Waals surface area contributed by atoms with E-state index in [0.29, 0.717) is 11.8 Å².